The van der Waals surface area contributed by atoms with Gasteiger partial charge in [-0.15, -0.1) is 0 Å². The summed E-state index contributed by atoms with van der Waals surface area (Å²) in [5, 5.41) is 0. The Kier molecular flexibility index (Phi) is 3.29. The summed E-state index contributed by atoms with van der Waals surface area (Å²) >= 11 is 0. The van der Waals surface area contributed by atoms with Crippen LogP contribution in [-0.2, 0) is 12.5 Å². The van der Waals surface area contributed by atoms with E-state index < -0.39 is 0 Å². The summed E-state index contributed by atoms with van der Waals surface area (Å²) in [7, 11) is 2.10. The maximum atomic E-state index is 4.90. The minimum absolute atomic E-state index is 0.115. The normalized spacial score (nSPS) is 11.9. The van der Waals surface area contributed by atoms with Crippen molar-refractivity contribution in [2.24, 2.45) is 7.05 Å². The quantitative estimate of drug-likeness (QED) is 0.724. The smallest absolute Gasteiger partial charge is 0.136 e. The fraction of sp³-hybridized carbons (Fsp3) is 0.471. The minimum atomic E-state index is 0.115. The Bertz CT molecular complexity index is 648. The van der Waals surface area contributed by atoms with E-state index in [9.17, 15) is 0 Å². The van der Waals surface area contributed by atoms with E-state index in [-0.39, 0.29) is 5.41 Å². The molecule has 0 radical (unpaired) electrons. The van der Waals surface area contributed by atoms with E-state index in [0.29, 0.717) is 0 Å². The number of hydrogen-bond acceptors (Lipinski definition) is 1. The zero-order valence-corrected chi connectivity index (χ0v) is 13.1. The Balaban J connectivity index is 2.81. The SMILES string of the molecule is CC(C)=C(C)c1nc2c(C(C)(C)C)cccc2n1C. The number of allylic oxidation sites excluding steroid dienone is 2. The third-order valence-corrected chi connectivity index (χ3v) is 3.80. The lowest BCUT2D eigenvalue weighted by atomic mass is 9.86. The van der Waals surface area contributed by atoms with Crippen LogP contribution >= 0.6 is 0 Å². The summed E-state index contributed by atoms with van der Waals surface area (Å²) < 4.78 is 2.20. The summed E-state index contributed by atoms with van der Waals surface area (Å²) in [5.74, 6) is 1.08. The molecule has 1 aromatic carbocycles. The average Bonchev–Trinajstić information content (AvgIpc) is 2.64. The largest absolute Gasteiger partial charge is 0.327 e. The Labute approximate surface area is 116 Å². The van der Waals surface area contributed by atoms with Gasteiger partial charge in [-0.05, 0) is 43.4 Å². The number of imidazole rings is 1. The molecule has 0 N–H and O–H groups in total. The molecule has 19 heavy (non-hydrogen) atoms. The number of fused-ring (bicyclic) bond motifs is 1. The summed E-state index contributed by atoms with van der Waals surface area (Å²) in [6.45, 7) is 13.1. The van der Waals surface area contributed by atoms with Crippen molar-refractivity contribution in [2.75, 3.05) is 0 Å². The first-order valence-electron chi connectivity index (χ1n) is 6.84. The van der Waals surface area contributed by atoms with Gasteiger partial charge in [0, 0.05) is 7.05 Å². The van der Waals surface area contributed by atoms with Crippen molar-refractivity contribution >= 4 is 16.6 Å². The Morgan fingerprint density at radius 1 is 1.11 bits per heavy atom. The van der Waals surface area contributed by atoms with Gasteiger partial charge in [0.25, 0.3) is 0 Å². The van der Waals surface area contributed by atoms with Crippen LogP contribution < -0.4 is 0 Å². The van der Waals surface area contributed by atoms with Gasteiger partial charge in [-0.25, -0.2) is 4.98 Å². The molecule has 2 nitrogen and oxygen atoms in total. The number of benzene rings is 1. The van der Waals surface area contributed by atoms with Gasteiger partial charge in [-0.1, -0.05) is 38.5 Å². The lowest BCUT2D eigenvalue weighted by molar-refractivity contribution is 0.595. The van der Waals surface area contributed by atoms with Crippen LogP contribution in [0.15, 0.2) is 23.8 Å². The van der Waals surface area contributed by atoms with Crippen molar-refractivity contribution in [3.63, 3.8) is 0 Å². The van der Waals surface area contributed by atoms with E-state index in [1.807, 2.05) is 0 Å². The van der Waals surface area contributed by atoms with Crippen LogP contribution in [0.4, 0.5) is 0 Å². The lowest BCUT2D eigenvalue weighted by Gasteiger charge is -2.19. The summed E-state index contributed by atoms with van der Waals surface area (Å²) in [5.41, 5.74) is 6.35. The molecule has 102 valence electrons. The van der Waals surface area contributed by atoms with E-state index >= 15 is 0 Å². The first-order valence-corrected chi connectivity index (χ1v) is 6.84. The van der Waals surface area contributed by atoms with Crippen LogP contribution in [0.3, 0.4) is 0 Å². The third kappa shape index (κ3) is 2.32. The van der Waals surface area contributed by atoms with Crippen molar-refractivity contribution in [1.29, 1.82) is 0 Å². The maximum absolute atomic E-state index is 4.90. The predicted octanol–water partition coefficient (Wildman–Crippen LogP) is 4.68. The van der Waals surface area contributed by atoms with E-state index in [4.69, 9.17) is 4.98 Å². The van der Waals surface area contributed by atoms with Crippen molar-refractivity contribution in [3.05, 3.63) is 35.2 Å². The second-order valence-corrected chi connectivity index (χ2v) is 6.54. The molecule has 1 heterocycles. The molecule has 0 unspecified atom stereocenters. The molecule has 0 fully saturated rings. The molecule has 0 saturated carbocycles. The summed E-state index contributed by atoms with van der Waals surface area (Å²) in [6.07, 6.45) is 0. The molecule has 2 rings (SSSR count). The number of aryl methyl sites for hydroxylation is 1. The molecule has 0 aliphatic heterocycles. The predicted molar refractivity (Wildman–Crippen MR) is 83.4 cm³/mol. The zero-order chi connectivity index (χ0) is 14.4. The highest BCUT2D eigenvalue weighted by Crippen LogP contribution is 2.31. The molecule has 0 bridgehead atoms. The highest BCUT2D eigenvalue weighted by Gasteiger charge is 2.20. The van der Waals surface area contributed by atoms with Crippen molar-refractivity contribution in [2.45, 2.75) is 47.0 Å². The van der Waals surface area contributed by atoms with E-state index in [2.05, 4.69) is 71.4 Å². The molecule has 1 aromatic heterocycles. The van der Waals surface area contributed by atoms with E-state index in [1.54, 1.807) is 0 Å². The van der Waals surface area contributed by atoms with E-state index in [1.165, 1.54) is 22.2 Å². The molecule has 0 amide bonds. The molecule has 2 aromatic rings. The van der Waals surface area contributed by atoms with Crippen LogP contribution in [0.1, 0.15) is 52.9 Å². The zero-order valence-electron chi connectivity index (χ0n) is 13.1. The number of nitrogens with zero attached hydrogens (tertiary/aromatic N) is 2. The first-order chi connectivity index (χ1) is 8.73. The van der Waals surface area contributed by atoms with Gasteiger partial charge in [0.15, 0.2) is 0 Å². The van der Waals surface area contributed by atoms with Gasteiger partial charge in [0.05, 0.1) is 11.0 Å². The van der Waals surface area contributed by atoms with Gasteiger partial charge in [0.2, 0.25) is 0 Å². The Morgan fingerprint density at radius 3 is 2.26 bits per heavy atom. The van der Waals surface area contributed by atoms with Crippen molar-refractivity contribution < 1.29 is 0 Å². The van der Waals surface area contributed by atoms with Crippen LogP contribution in [0.5, 0.6) is 0 Å². The van der Waals surface area contributed by atoms with Gasteiger partial charge in [-0.3, -0.25) is 0 Å². The Morgan fingerprint density at radius 2 is 1.74 bits per heavy atom. The molecular formula is C17H24N2. The second kappa shape index (κ2) is 4.52. The summed E-state index contributed by atoms with van der Waals surface area (Å²) in [4.78, 5) is 4.90. The fourth-order valence-electron chi connectivity index (χ4n) is 2.38. The topological polar surface area (TPSA) is 17.8 Å². The monoisotopic (exact) mass is 256 g/mol. The molecular weight excluding hydrogens is 232 g/mol. The molecule has 0 atom stereocenters. The first kappa shape index (κ1) is 13.9. The van der Waals surface area contributed by atoms with Crippen LogP contribution in [0.2, 0.25) is 0 Å². The summed E-state index contributed by atoms with van der Waals surface area (Å²) in [6, 6.07) is 6.47. The van der Waals surface area contributed by atoms with Crippen LogP contribution in [0, 0.1) is 0 Å². The third-order valence-electron chi connectivity index (χ3n) is 3.80. The molecule has 0 spiro atoms. The van der Waals surface area contributed by atoms with E-state index in [0.717, 1.165) is 11.3 Å². The van der Waals surface area contributed by atoms with Gasteiger partial charge >= 0.3 is 0 Å². The fourth-order valence-corrected chi connectivity index (χ4v) is 2.38. The Hall–Kier alpha value is -1.57. The van der Waals surface area contributed by atoms with Gasteiger partial charge < -0.3 is 4.57 Å². The molecule has 0 aliphatic carbocycles. The maximum Gasteiger partial charge on any atom is 0.136 e. The number of hydrogen-bond donors (Lipinski definition) is 0. The molecule has 0 saturated heterocycles. The molecule has 0 aliphatic rings. The van der Waals surface area contributed by atoms with Gasteiger partial charge in [0.1, 0.15) is 5.82 Å². The van der Waals surface area contributed by atoms with Crippen LogP contribution in [-0.4, -0.2) is 9.55 Å². The number of aromatic nitrogens is 2. The number of para-hydroxylation sites is 1. The standard InChI is InChI=1S/C17H24N2/c1-11(2)12(3)16-18-15-13(17(4,5)6)9-8-10-14(15)19(16)7/h8-10H,1-7H3. The highest BCUT2D eigenvalue weighted by atomic mass is 15.1. The number of rotatable bonds is 1. The molecule has 2 heteroatoms. The van der Waals surface area contributed by atoms with Crippen molar-refractivity contribution in [3.8, 4) is 0 Å². The average molecular weight is 256 g/mol. The highest BCUT2D eigenvalue weighted by molar-refractivity contribution is 5.83. The van der Waals surface area contributed by atoms with Crippen molar-refractivity contribution in [1.82, 2.24) is 9.55 Å². The second-order valence-electron chi connectivity index (χ2n) is 6.54. The lowest BCUT2D eigenvalue weighted by Crippen LogP contribution is -2.11. The van der Waals surface area contributed by atoms with Crippen LogP contribution in [0.25, 0.3) is 16.6 Å². The van der Waals surface area contributed by atoms with Gasteiger partial charge in [-0.2, -0.15) is 0 Å². The minimum Gasteiger partial charge on any atom is -0.327 e.